The number of carbonyl (C=O) groups is 2. The molecule has 1 atom stereocenters. The van der Waals surface area contributed by atoms with Gasteiger partial charge in [-0.05, 0) is 19.8 Å². The smallest absolute Gasteiger partial charge is 0.329 e. The Kier molecular flexibility index (Phi) is 8.03. The number of carboxylic acids is 1. The van der Waals surface area contributed by atoms with Gasteiger partial charge in [-0.25, -0.2) is 4.79 Å². The third-order valence-electron chi connectivity index (χ3n) is 2.57. The van der Waals surface area contributed by atoms with Crippen LogP contribution in [-0.4, -0.2) is 35.7 Å². The molecule has 0 aromatic rings. The van der Waals surface area contributed by atoms with Crippen molar-refractivity contribution in [1.29, 1.82) is 0 Å². The molecular weight excluding hydrogens is 234 g/mol. The van der Waals surface area contributed by atoms with E-state index in [1.54, 1.807) is 6.08 Å². The van der Waals surface area contributed by atoms with Crippen LogP contribution in [0.4, 0.5) is 0 Å². The first kappa shape index (κ1) is 16.6. The summed E-state index contributed by atoms with van der Waals surface area (Å²) in [5.74, 6) is -1.25. The van der Waals surface area contributed by atoms with Crippen LogP contribution in [0, 0.1) is 0 Å². The van der Waals surface area contributed by atoms with Crippen molar-refractivity contribution in [1.82, 2.24) is 5.32 Å². The maximum atomic E-state index is 11.6. The van der Waals surface area contributed by atoms with Crippen LogP contribution in [0.5, 0.6) is 0 Å². The molecule has 5 nitrogen and oxygen atoms in total. The molecular formula is C13H23NO4. The summed E-state index contributed by atoms with van der Waals surface area (Å²) in [5.41, 5.74) is -1.17. The van der Waals surface area contributed by atoms with Gasteiger partial charge >= 0.3 is 5.97 Å². The molecule has 0 aromatic heterocycles. The van der Waals surface area contributed by atoms with Crippen molar-refractivity contribution in [2.75, 3.05) is 13.2 Å². The average Bonchev–Trinajstić information content (AvgIpc) is 2.28. The Morgan fingerprint density at radius 3 is 2.67 bits per heavy atom. The van der Waals surface area contributed by atoms with Gasteiger partial charge in [0.15, 0.2) is 0 Å². The highest BCUT2D eigenvalue weighted by atomic mass is 16.5. The fraction of sp³-hybridized carbons (Fsp3) is 0.692. The predicted molar refractivity (Wildman–Crippen MR) is 69.3 cm³/mol. The van der Waals surface area contributed by atoms with E-state index in [9.17, 15) is 9.59 Å². The maximum Gasteiger partial charge on any atom is 0.329 e. The molecule has 0 aromatic carbocycles. The van der Waals surface area contributed by atoms with E-state index in [2.05, 4.69) is 11.9 Å². The highest BCUT2D eigenvalue weighted by Crippen LogP contribution is 2.13. The first-order chi connectivity index (χ1) is 8.46. The fourth-order valence-electron chi connectivity index (χ4n) is 1.59. The molecule has 0 fully saturated rings. The summed E-state index contributed by atoms with van der Waals surface area (Å²) in [5, 5.41) is 11.7. The van der Waals surface area contributed by atoms with E-state index in [-0.39, 0.29) is 12.3 Å². The molecule has 0 rings (SSSR count). The minimum atomic E-state index is -1.17. The number of aliphatic carboxylic acids is 1. The van der Waals surface area contributed by atoms with Crippen LogP contribution >= 0.6 is 0 Å². The molecule has 18 heavy (non-hydrogen) atoms. The van der Waals surface area contributed by atoms with Crippen LogP contribution in [0.3, 0.4) is 0 Å². The Bertz CT molecular complexity index is 291. The normalized spacial score (nSPS) is 13.7. The monoisotopic (exact) mass is 257 g/mol. The van der Waals surface area contributed by atoms with Gasteiger partial charge in [0, 0.05) is 13.0 Å². The van der Waals surface area contributed by atoms with E-state index in [1.807, 2.05) is 6.92 Å². The van der Waals surface area contributed by atoms with Gasteiger partial charge in [-0.3, -0.25) is 4.79 Å². The largest absolute Gasteiger partial charge is 0.480 e. The zero-order valence-electron chi connectivity index (χ0n) is 11.2. The SMILES string of the molecule is C=CCOCCCC(=O)NC(C)(CCC)C(=O)O. The number of hydrogen-bond acceptors (Lipinski definition) is 3. The molecule has 1 amide bonds. The van der Waals surface area contributed by atoms with E-state index in [0.717, 1.165) is 0 Å². The van der Waals surface area contributed by atoms with Gasteiger partial charge in [-0.15, -0.1) is 6.58 Å². The third kappa shape index (κ3) is 6.39. The van der Waals surface area contributed by atoms with E-state index in [0.29, 0.717) is 32.5 Å². The molecule has 0 heterocycles. The van der Waals surface area contributed by atoms with Crippen molar-refractivity contribution >= 4 is 11.9 Å². The molecule has 0 aliphatic rings. The lowest BCUT2D eigenvalue weighted by atomic mass is 9.96. The van der Waals surface area contributed by atoms with Gasteiger partial charge in [0.05, 0.1) is 6.61 Å². The summed E-state index contributed by atoms with van der Waals surface area (Å²) in [7, 11) is 0. The quantitative estimate of drug-likeness (QED) is 0.461. The van der Waals surface area contributed by atoms with E-state index >= 15 is 0 Å². The summed E-state index contributed by atoms with van der Waals surface area (Å²) >= 11 is 0. The number of ether oxygens (including phenoxy) is 1. The van der Waals surface area contributed by atoms with Gasteiger partial charge in [0.2, 0.25) is 5.91 Å². The molecule has 2 N–H and O–H groups in total. The molecule has 104 valence electrons. The third-order valence-corrected chi connectivity index (χ3v) is 2.57. The first-order valence-electron chi connectivity index (χ1n) is 6.19. The maximum absolute atomic E-state index is 11.6. The molecule has 1 unspecified atom stereocenters. The standard InChI is InChI=1S/C13H23NO4/c1-4-8-13(3,12(16)17)14-11(15)7-6-10-18-9-5-2/h5H,2,4,6-10H2,1,3H3,(H,14,15)(H,16,17). The molecule has 0 saturated heterocycles. The number of hydrogen-bond donors (Lipinski definition) is 2. The molecule has 0 spiro atoms. The van der Waals surface area contributed by atoms with E-state index in [1.165, 1.54) is 6.92 Å². The van der Waals surface area contributed by atoms with Crippen molar-refractivity contribution in [2.45, 2.75) is 45.1 Å². The highest BCUT2D eigenvalue weighted by molar-refractivity contribution is 5.86. The van der Waals surface area contributed by atoms with Crippen LogP contribution in [0.15, 0.2) is 12.7 Å². The minimum Gasteiger partial charge on any atom is -0.480 e. The summed E-state index contributed by atoms with van der Waals surface area (Å²) in [6, 6.07) is 0. The van der Waals surface area contributed by atoms with E-state index in [4.69, 9.17) is 9.84 Å². The minimum absolute atomic E-state index is 0.254. The van der Waals surface area contributed by atoms with Crippen molar-refractivity contribution in [3.8, 4) is 0 Å². The second kappa shape index (κ2) is 8.69. The molecule has 0 radical (unpaired) electrons. The second-order valence-corrected chi connectivity index (χ2v) is 4.40. The zero-order valence-corrected chi connectivity index (χ0v) is 11.2. The number of carbonyl (C=O) groups excluding carboxylic acids is 1. The molecule has 5 heteroatoms. The average molecular weight is 257 g/mol. The van der Waals surface area contributed by atoms with Gasteiger partial charge in [0.25, 0.3) is 0 Å². The Morgan fingerprint density at radius 2 is 2.17 bits per heavy atom. The molecule has 0 saturated carbocycles. The Labute approximate surface area is 108 Å². The van der Waals surface area contributed by atoms with Crippen LogP contribution in [-0.2, 0) is 14.3 Å². The Hall–Kier alpha value is -1.36. The second-order valence-electron chi connectivity index (χ2n) is 4.40. The number of amides is 1. The van der Waals surface area contributed by atoms with Crippen molar-refractivity contribution in [3.63, 3.8) is 0 Å². The van der Waals surface area contributed by atoms with E-state index < -0.39 is 11.5 Å². The summed E-state index contributed by atoms with van der Waals surface area (Å²) in [4.78, 5) is 22.7. The van der Waals surface area contributed by atoms with Crippen LogP contribution in [0.1, 0.15) is 39.5 Å². The summed E-state index contributed by atoms with van der Waals surface area (Å²) in [6.45, 7) is 7.86. The Balaban J connectivity index is 4.03. The van der Waals surface area contributed by atoms with Gasteiger partial charge < -0.3 is 15.2 Å². The molecule has 0 aliphatic carbocycles. The van der Waals surface area contributed by atoms with Crippen LogP contribution in [0.25, 0.3) is 0 Å². The summed E-state index contributed by atoms with van der Waals surface area (Å²) in [6.07, 6.45) is 3.60. The van der Waals surface area contributed by atoms with Crippen molar-refractivity contribution in [2.24, 2.45) is 0 Å². The lowest BCUT2D eigenvalue weighted by molar-refractivity contribution is -0.147. The topological polar surface area (TPSA) is 75.6 Å². The van der Waals surface area contributed by atoms with Crippen LogP contribution in [0.2, 0.25) is 0 Å². The van der Waals surface area contributed by atoms with Crippen molar-refractivity contribution < 1.29 is 19.4 Å². The lowest BCUT2D eigenvalue weighted by Crippen LogP contribution is -2.52. The number of carboxylic acid groups (broad SMARTS) is 1. The highest BCUT2D eigenvalue weighted by Gasteiger charge is 2.33. The molecule has 0 bridgehead atoms. The van der Waals surface area contributed by atoms with Gasteiger partial charge in [-0.1, -0.05) is 19.4 Å². The first-order valence-corrected chi connectivity index (χ1v) is 6.19. The molecule has 0 aliphatic heterocycles. The number of rotatable bonds is 10. The van der Waals surface area contributed by atoms with Crippen LogP contribution < -0.4 is 5.32 Å². The van der Waals surface area contributed by atoms with Gasteiger partial charge in [0.1, 0.15) is 5.54 Å². The number of nitrogens with one attached hydrogen (secondary N) is 1. The predicted octanol–water partition coefficient (Wildman–Crippen LogP) is 1.73. The van der Waals surface area contributed by atoms with Crippen molar-refractivity contribution in [3.05, 3.63) is 12.7 Å². The fourth-order valence-corrected chi connectivity index (χ4v) is 1.59. The zero-order chi connectivity index (χ0) is 14.0. The summed E-state index contributed by atoms with van der Waals surface area (Å²) < 4.78 is 5.14. The Morgan fingerprint density at radius 1 is 1.50 bits per heavy atom. The lowest BCUT2D eigenvalue weighted by Gasteiger charge is -2.25. The van der Waals surface area contributed by atoms with Gasteiger partial charge in [-0.2, -0.15) is 0 Å².